The summed E-state index contributed by atoms with van der Waals surface area (Å²) in [6.07, 6.45) is 0. The van der Waals surface area contributed by atoms with Crippen LogP contribution in [0.5, 0.6) is 0 Å². The molecule has 0 unspecified atom stereocenters. The number of aromatic nitrogens is 5. The first-order valence-corrected chi connectivity index (χ1v) is 9.36. The zero-order chi connectivity index (χ0) is 18.1. The fraction of sp³-hybridized carbons (Fsp3) is 0.400. The van der Waals surface area contributed by atoms with Crippen LogP contribution in [0.4, 0.5) is 5.69 Å². The number of carbonyl (C=O) groups excluding carboxylic acids is 1. The highest BCUT2D eigenvalue weighted by atomic mass is 32.2. The highest BCUT2D eigenvalue weighted by Gasteiger charge is 2.17. The number of carbonyl (C=O) groups is 1. The first-order valence-electron chi connectivity index (χ1n) is 7.56. The summed E-state index contributed by atoms with van der Waals surface area (Å²) in [5.74, 6) is 0.467. The van der Waals surface area contributed by atoms with Gasteiger partial charge in [-0.3, -0.25) is 9.48 Å². The second-order valence-electron chi connectivity index (χ2n) is 5.53. The van der Waals surface area contributed by atoms with Crippen LogP contribution < -0.4 is 5.32 Å². The van der Waals surface area contributed by atoms with Crippen molar-refractivity contribution < 1.29 is 9.21 Å². The highest BCUT2D eigenvalue weighted by Crippen LogP contribution is 2.30. The van der Waals surface area contributed by atoms with E-state index in [0.717, 1.165) is 32.7 Å². The van der Waals surface area contributed by atoms with Crippen molar-refractivity contribution in [3.63, 3.8) is 0 Å². The summed E-state index contributed by atoms with van der Waals surface area (Å²) < 4.78 is 7.37. The van der Waals surface area contributed by atoms with Gasteiger partial charge in [-0.05, 0) is 27.7 Å². The zero-order valence-electron chi connectivity index (χ0n) is 14.6. The lowest BCUT2D eigenvalue weighted by molar-refractivity contribution is -0.113. The number of nitrogens with zero attached hydrogens (tertiary/aromatic N) is 5. The van der Waals surface area contributed by atoms with Crippen molar-refractivity contribution in [3.05, 3.63) is 22.1 Å². The Labute approximate surface area is 153 Å². The van der Waals surface area contributed by atoms with Crippen LogP contribution in [0.25, 0.3) is 10.8 Å². The third-order valence-electron chi connectivity index (χ3n) is 3.60. The Hall–Kier alpha value is -2.20. The molecule has 8 nitrogen and oxygen atoms in total. The van der Waals surface area contributed by atoms with Gasteiger partial charge in [0.2, 0.25) is 5.91 Å². The van der Waals surface area contributed by atoms with E-state index in [4.69, 9.17) is 4.42 Å². The normalized spacial score (nSPS) is 11.1. The minimum atomic E-state index is -0.145. The van der Waals surface area contributed by atoms with E-state index in [1.807, 2.05) is 34.7 Å². The number of thioether (sulfide) groups is 1. The second kappa shape index (κ2) is 6.96. The summed E-state index contributed by atoms with van der Waals surface area (Å²) in [6, 6.07) is 0. The van der Waals surface area contributed by atoms with Crippen molar-refractivity contribution in [2.75, 3.05) is 11.1 Å². The van der Waals surface area contributed by atoms with E-state index in [0.29, 0.717) is 11.1 Å². The molecule has 0 aliphatic carbocycles. The van der Waals surface area contributed by atoms with Crippen LogP contribution in [-0.2, 0) is 11.8 Å². The number of hydrogen-bond donors (Lipinski definition) is 1. The maximum atomic E-state index is 12.2. The fourth-order valence-corrected chi connectivity index (χ4v) is 3.75. The van der Waals surface area contributed by atoms with Gasteiger partial charge in [0, 0.05) is 7.05 Å². The van der Waals surface area contributed by atoms with Crippen LogP contribution in [0.3, 0.4) is 0 Å². The third kappa shape index (κ3) is 3.74. The molecule has 0 saturated heterocycles. The van der Waals surface area contributed by atoms with Crippen LogP contribution in [0.2, 0.25) is 0 Å². The Balaban J connectivity index is 1.62. The molecule has 3 aromatic rings. The fourth-order valence-electron chi connectivity index (χ4n) is 2.35. The number of rotatable bonds is 5. The summed E-state index contributed by atoms with van der Waals surface area (Å²) in [4.78, 5) is 17.4. The molecule has 0 aliphatic rings. The average molecular weight is 378 g/mol. The van der Waals surface area contributed by atoms with E-state index in [2.05, 4.69) is 25.6 Å². The van der Waals surface area contributed by atoms with E-state index in [1.54, 1.807) is 4.68 Å². The Morgan fingerprint density at radius 1 is 1.24 bits per heavy atom. The maximum Gasteiger partial charge on any atom is 0.277 e. The average Bonchev–Trinajstić information content (AvgIpc) is 3.20. The molecular formula is C15H18N6O2S2. The van der Waals surface area contributed by atoms with Crippen LogP contribution in [0, 0.1) is 27.7 Å². The number of aryl methyl sites for hydroxylation is 4. The molecule has 0 aliphatic heterocycles. The van der Waals surface area contributed by atoms with E-state index in [-0.39, 0.29) is 11.7 Å². The number of anilines is 1. The molecule has 0 atom stereocenters. The Bertz CT molecular complexity index is 927. The van der Waals surface area contributed by atoms with Crippen LogP contribution in [-0.4, -0.2) is 36.6 Å². The quantitative estimate of drug-likeness (QED) is 0.682. The SMILES string of the molecule is Cc1nc(C)c(-c2nnc(SCC(=O)Nc3c(C)nn(C)c3C)o2)s1. The van der Waals surface area contributed by atoms with Gasteiger partial charge in [0.05, 0.1) is 33.5 Å². The standard InChI is InChI=1S/C15H18N6O2S2/c1-7-12(9(3)21(5)20-7)17-11(22)6-24-15-19-18-14(23-15)13-8(2)16-10(4)25-13/h6H2,1-5H3,(H,17,22). The third-order valence-corrected chi connectivity index (χ3v) is 5.48. The summed E-state index contributed by atoms with van der Waals surface area (Å²) in [7, 11) is 1.84. The molecule has 3 aromatic heterocycles. The molecular weight excluding hydrogens is 360 g/mol. The Morgan fingerprint density at radius 2 is 2.00 bits per heavy atom. The van der Waals surface area contributed by atoms with E-state index in [9.17, 15) is 4.79 Å². The molecule has 0 saturated carbocycles. The number of thiazole rings is 1. The predicted molar refractivity (Wildman–Crippen MR) is 96.9 cm³/mol. The van der Waals surface area contributed by atoms with Crippen molar-refractivity contribution in [3.8, 4) is 10.8 Å². The molecule has 1 amide bonds. The largest absolute Gasteiger partial charge is 0.410 e. The Kier molecular flexibility index (Phi) is 4.91. The van der Waals surface area contributed by atoms with Crippen LogP contribution in [0.1, 0.15) is 22.1 Å². The summed E-state index contributed by atoms with van der Waals surface area (Å²) in [5.41, 5.74) is 3.31. The van der Waals surface area contributed by atoms with Crippen LogP contribution in [0.15, 0.2) is 9.64 Å². The molecule has 0 spiro atoms. The summed E-state index contributed by atoms with van der Waals surface area (Å²) in [6.45, 7) is 7.60. The first-order chi connectivity index (χ1) is 11.8. The summed E-state index contributed by atoms with van der Waals surface area (Å²) >= 11 is 2.71. The van der Waals surface area contributed by atoms with Gasteiger partial charge in [0.25, 0.3) is 11.1 Å². The van der Waals surface area contributed by atoms with Gasteiger partial charge in [0.15, 0.2) is 0 Å². The highest BCUT2D eigenvalue weighted by molar-refractivity contribution is 7.99. The number of amides is 1. The molecule has 10 heteroatoms. The van der Waals surface area contributed by atoms with E-state index >= 15 is 0 Å². The van der Waals surface area contributed by atoms with Crippen molar-refractivity contribution in [1.82, 2.24) is 25.0 Å². The first kappa shape index (κ1) is 17.6. The van der Waals surface area contributed by atoms with Crippen molar-refractivity contribution >= 4 is 34.7 Å². The van der Waals surface area contributed by atoms with Gasteiger partial charge in [-0.25, -0.2) is 4.98 Å². The second-order valence-corrected chi connectivity index (χ2v) is 7.66. The number of nitrogens with one attached hydrogen (secondary N) is 1. The van der Waals surface area contributed by atoms with E-state index < -0.39 is 0 Å². The molecule has 3 heterocycles. The minimum Gasteiger partial charge on any atom is -0.410 e. The van der Waals surface area contributed by atoms with Gasteiger partial charge in [-0.15, -0.1) is 21.5 Å². The lowest BCUT2D eigenvalue weighted by Gasteiger charge is -2.04. The smallest absolute Gasteiger partial charge is 0.277 e. The lowest BCUT2D eigenvalue weighted by atomic mass is 10.3. The molecule has 0 bridgehead atoms. The van der Waals surface area contributed by atoms with Gasteiger partial charge in [0.1, 0.15) is 4.88 Å². The van der Waals surface area contributed by atoms with Gasteiger partial charge in [-0.1, -0.05) is 11.8 Å². The minimum absolute atomic E-state index is 0.145. The zero-order valence-corrected chi connectivity index (χ0v) is 16.2. The van der Waals surface area contributed by atoms with E-state index in [1.165, 1.54) is 23.1 Å². The van der Waals surface area contributed by atoms with Gasteiger partial charge in [-0.2, -0.15) is 5.10 Å². The van der Waals surface area contributed by atoms with Crippen molar-refractivity contribution in [2.45, 2.75) is 32.9 Å². The molecule has 25 heavy (non-hydrogen) atoms. The molecule has 0 radical (unpaired) electrons. The van der Waals surface area contributed by atoms with Crippen molar-refractivity contribution in [1.29, 1.82) is 0 Å². The topological polar surface area (TPSA) is 98.7 Å². The predicted octanol–water partition coefficient (Wildman–Crippen LogP) is 2.89. The lowest BCUT2D eigenvalue weighted by Crippen LogP contribution is -2.15. The maximum absolute atomic E-state index is 12.2. The van der Waals surface area contributed by atoms with Gasteiger partial charge < -0.3 is 9.73 Å². The van der Waals surface area contributed by atoms with Gasteiger partial charge >= 0.3 is 0 Å². The molecule has 1 N–H and O–H groups in total. The molecule has 132 valence electrons. The van der Waals surface area contributed by atoms with Crippen LogP contribution >= 0.6 is 23.1 Å². The Morgan fingerprint density at radius 3 is 2.60 bits per heavy atom. The summed E-state index contributed by atoms with van der Waals surface area (Å²) in [5, 5.41) is 16.5. The number of hydrogen-bond acceptors (Lipinski definition) is 8. The van der Waals surface area contributed by atoms with Crippen molar-refractivity contribution in [2.24, 2.45) is 7.05 Å². The molecule has 3 rings (SSSR count). The molecule has 0 fully saturated rings. The monoisotopic (exact) mass is 378 g/mol. The molecule has 0 aromatic carbocycles.